The first kappa shape index (κ1) is 36.0. The summed E-state index contributed by atoms with van der Waals surface area (Å²) in [4.78, 5) is 44.7. The molecule has 0 saturated carbocycles. The van der Waals surface area contributed by atoms with Gasteiger partial charge in [-0.1, -0.05) is 33.7 Å². The lowest BCUT2D eigenvalue weighted by molar-refractivity contribution is -0.159. The van der Waals surface area contributed by atoms with E-state index in [0.29, 0.717) is 10.1 Å². The third-order valence-corrected chi connectivity index (χ3v) is 11.6. The molecule has 2 rings (SSSR count). The van der Waals surface area contributed by atoms with Crippen molar-refractivity contribution in [3.05, 3.63) is 48.8 Å². The molecule has 3 N–H and O–H groups in total. The number of esters is 3. The Morgan fingerprint density at radius 3 is 1.62 bits per heavy atom. The van der Waals surface area contributed by atoms with Gasteiger partial charge in [-0.3, -0.25) is 28.9 Å². The number of pyridine rings is 2. The molecule has 2 unspecified atom stereocenters. The van der Waals surface area contributed by atoms with Crippen molar-refractivity contribution in [2.24, 2.45) is 0 Å². The van der Waals surface area contributed by atoms with Crippen molar-refractivity contribution in [3.8, 4) is 0 Å². The summed E-state index contributed by atoms with van der Waals surface area (Å²) in [7, 11) is -5.04. The summed E-state index contributed by atoms with van der Waals surface area (Å²) in [5.74, 6) is -4.94. The summed E-state index contributed by atoms with van der Waals surface area (Å²) in [5.41, 5.74) is 0. The normalized spacial score (nSPS) is 13.1. The van der Waals surface area contributed by atoms with Crippen molar-refractivity contribution < 1.29 is 49.8 Å². The molecular weight excluding hydrogens is 675 g/mol. The van der Waals surface area contributed by atoms with Crippen LogP contribution in [-0.4, -0.2) is 81.7 Å². The highest BCUT2D eigenvalue weighted by Crippen LogP contribution is 2.31. The largest absolute Gasteiger partial charge is 0.411 e. The minimum absolute atomic E-state index is 0.0743. The predicted molar refractivity (Wildman–Crippen MR) is 159 cm³/mol. The van der Waals surface area contributed by atoms with Crippen molar-refractivity contribution in [3.63, 3.8) is 0 Å². The number of carbonyl (C=O) groups excluding carboxylic acids is 3. The zero-order chi connectivity index (χ0) is 31.2. The maximum absolute atomic E-state index is 12.3. The lowest BCUT2D eigenvalue weighted by atomic mass is 10.3. The average Bonchev–Trinajstić information content (AvgIpc) is 2.91. The fourth-order valence-electron chi connectivity index (χ4n) is 2.77. The maximum atomic E-state index is 12.3. The van der Waals surface area contributed by atoms with Crippen LogP contribution in [0.15, 0.2) is 58.8 Å². The summed E-state index contributed by atoms with van der Waals surface area (Å²) >= 11 is 0. The molecule has 230 valence electrons. The van der Waals surface area contributed by atoms with Gasteiger partial charge >= 0.3 is 17.9 Å². The van der Waals surface area contributed by atoms with E-state index < -0.39 is 67.4 Å². The van der Waals surface area contributed by atoms with Gasteiger partial charge in [0.25, 0.3) is 20.2 Å². The zero-order valence-electron chi connectivity index (χ0n) is 21.4. The lowest BCUT2D eigenvalue weighted by Crippen LogP contribution is -2.34. The SMILES string of the molecule is N=C(CCC(=O)OC(=O)C(CCSSc1ccccn1)S(=O)(=O)O)OC(=O)C(CCSSc1ccccn1)S(=O)(=O)O. The van der Waals surface area contributed by atoms with Gasteiger partial charge in [-0.15, -0.1) is 0 Å². The number of carbonyl (C=O) groups is 3. The maximum Gasteiger partial charge on any atom is 0.334 e. The summed E-state index contributed by atoms with van der Waals surface area (Å²) in [6, 6.07) is 10.4. The minimum Gasteiger partial charge on any atom is -0.411 e. The molecule has 0 spiro atoms. The van der Waals surface area contributed by atoms with Crippen LogP contribution >= 0.6 is 43.2 Å². The molecule has 0 fully saturated rings. The minimum atomic E-state index is -4.92. The number of nitrogens with zero attached hydrogens (tertiary/aromatic N) is 2. The summed E-state index contributed by atoms with van der Waals surface area (Å²) in [5, 5.41) is 4.95. The van der Waals surface area contributed by atoms with Crippen molar-refractivity contribution in [1.29, 1.82) is 5.41 Å². The number of hydrogen-bond acceptors (Lipinski definition) is 16. The Morgan fingerprint density at radius 1 is 0.762 bits per heavy atom. The third-order valence-electron chi connectivity index (χ3n) is 4.73. The number of nitrogens with one attached hydrogen (secondary N) is 1. The van der Waals surface area contributed by atoms with E-state index in [-0.39, 0.29) is 24.3 Å². The van der Waals surface area contributed by atoms with Gasteiger partial charge in [-0.05, 0) is 58.7 Å². The Bertz CT molecular complexity index is 1320. The van der Waals surface area contributed by atoms with Crippen LogP contribution in [0.5, 0.6) is 0 Å². The van der Waals surface area contributed by atoms with Crippen LogP contribution in [0.2, 0.25) is 0 Å². The molecule has 0 aliphatic carbocycles. The summed E-state index contributed by atoms with van der Waals surface area (Å²) in [6.07, 6.45) is 1.07. The van der Waals surface area contributed by atoms with Gasteiger partial charge < -0.3 is 9.47 Å². The van der Waals surface area contributed by atoms with Crippen molar-refractivity contribution in [2.45, 2.75) is 46.2 Å². The molecule has 2 heterocycles. The van der Waals surface area contributed by atoms with Gasteiger partial charge in [0.05, 0.1) is 6.42 Å². The molecule has 20 heteroatoms. The topological polar surface area (TPSA) is 228 Å². The molecule has 2 aromatic heterocycles. The standard InChI is InChI=1S/C22H25N3O11S6/c23-17(35-21(27)15(41(29,30)31)9-13-37-39-18-5-1-3-11-24-18)7-8-20(26)36-22(28)16(42(32,33)34)10-14-38-40-19-6-2-4-12-25-19/h1-6,11-12,15-16,23H,7-10,13-14H2,(H,29,30,31)(H,32,33,34). The molecule has 42 heavy (non-hydrogen) atoms. The molecule has 0 aliphatic rings. The van der Waals surface area contributed by atoms with Crippen LogP contribution in [0.25, 0.3) is 0 Å². The van der Waals surface area contributed by atoms with Gasteiger partial charge in [-0.2, -0.15) is 16.8 Å². The van der Waals surface area contributed by atoms with Crippen molar-refractivity contribution >= 4 is 87.2 Å². The first-order valence-electron chi connectivity index (χ1n) is 11.6. The number of rotatable bonds is 17. The number of ether oxygens (including phenoxy) is 2. The molecule has 0 amide bonds. The highest BCUT2D eigenvalue weighted by molar-refractivity contribution is 8.77. The van der Waals surface area contributed by atoms with E-state index in [4.69, 9.17) is 5.41 Å². The summed E-state index contributed by atoms with van der Waals surface area (Å²) in [6.45, 7) is 0. The quantitative estimate of drug-likeness (QED) is 0.0409. The first-order chi connectivity index (χ1) is 19.8. The van der Waals surface area contributed by atoms with Crippen LogP contribution in [0.1, 0.15) is 25.7 Å². The van der Waals surface area contributed by atoms with Crippen LogP contribution in [0.3, 0.4) is 0 Å². The van der Waals surface area contributed by atoms with E-state index in [9.17, 15) is 40.3 Å². The van der Waals surface area contributed by atoms with Gasteiger partial charge in [0.2, 0.25) is 0 Å². The highest BCUT2D eigenvalue weighted by atomic mass is 33.1. The first-order valence-corrected chi connectivity index (χ1v) is 19.3. The van der Waals surface area contributed by atoms with E-state index in [1.165, 1.54) is 32.4 Å². The molecular formula is C22H25N3O11S6. The monoisotopic (exact) mass is 699 g/mol. The highest BCUT2D eigenvalue weighted by Gasteiger charge is 2.35. The molecule has 14 nitrogen and oxygen atoms in total. The van der Waals surface area contributed by atoms with E-state index >= 15 is 0 Å². The number of aromatic nitrogens is 2. The fourth-order valence-corrected chi connectivity index (χ4v) is 8.42. The van der Waals surface area contributed by atoms with E-state index in [1.807, 2.05) is 0 Å². The zero-order valence-corrected chi connectivity index (χ0v) is 26.3. The smallest absolute Gasteiger partial charge is 0.334 e. The lowest BCUT2D eigenvalue weighted by Gasteiger charge is -2.14. The van der Waals surface area contributed by atoms with Gasteiger partial charge in [0.15, 0.2) is 16.4 Å². The Kier molecular flexibility index (Phi) is 15.3. The van der Waals surface area contributed by atoms with E-state index in [2.05, 4.69) is 19.4 Å². The third kappa shape index (κ3) is 13.8. The second kappa shape index (κ2) is 17.8. The molecule has 2 atom stereocenters. The molecule has 0 bridgehead atoms. The number of hydrogen-bond donors (Lipinski definition) is 3. The molecule has 2 aromatic rings. The van der Waals surface area contributed by atoms with Gasteiger partial charge in [-0.25, -0.2) is 9.97 Å². The van der Waals surface area contributed by atoms with E-state index in [0.717, 1.165) is 10.8 Å². The second-order valence-electron chi connectivity index (χ2n) is 7.87. The van der Waals surface area contributed by atoms with Crippen LogP contribution in [0.4, 0.5) is 0 Å². The molecule has 0 aromatic carbocycles. The predicted octanol–water partition coefficient (Wildman–Crippen LogP) is 3.32. The molecule has 0 saturated heterocycles. The van der Waals surface area contributed by atoms with E-state index in [1.54, 1.807) is 48.8 Å². The summed E-state index contributed by atoms with van der Waals surface area (Å²) < 4.78 is 74.7. The second-order valence-corrected chi connectivity index (χ2v) is 15.9. The average molecular weight is 700 g/mol. The van der Waals surface area contributed by atoms with Gasteiger partial charge in [0, 0.05) is 30.3 Å². The Hall–Kier alpha value is -2.20. The molecule has 0 radical (unpaired) electrons. The van der Waals surface area contributed by atoms with Crippen molar-refractivity contribution in [2.75, 3.05) is 11.5 Å². The Balaban J connectivity index is 1.79. The van der Waals surface area contributed by atoms with Gasteiger partial charge in [0.1, 0.15) is 10.1 Å². The molecule has 0 aliphatic heterocycles. The van der Waals surface area contributed by atoms with Crippen molar-refractivity contribution in [1.82, 2.24) is 9.97 Å². The Morgan fingerprint density at radius 2 is 1.21 bits per heavy atom. The van der Waals surface area contributed by atoms with Crippen LogP contribution in [0, 0.1) is 5.41 Å². The fraction of sp³-hybridized carbons (Fsp3) is 0.364. The Labute approximate surface area is 257 Å². The van der Waals surface area contributed by atoms with Crippen LogP contribution < -0.4 is 0 Å². The van der Waals surface area contributed by atoms with Crippen LogP contribution in [-0.2, 0) is 44.1 Å².